The predicted molar refractivity (Wildman–Crippen MR) is 56.4 cm³/mol. The van der Waals surface area contributed by atoms with Crippen molar-refractivity contribution in [2.24, 2.45) is 5.92 Å². The molecule has 1 heterocycles. The number of carbonyl (C=O) groups excluding carboxylic acids is 1. The molecule has 0 bridgehead atoms. The summed E-state index contributed by atoms with van der Waals surface area (Å²) in [5.74, 6) is 1.15. The van der Waals surface area contributed by atoms with Crippen molar-refractivity contribution in [1.29, 1.82) is 0 Å². The summed E-state index contributed by atoms with van der Waals surface area (Å²) in [5.41, 5.74) is 0.768. The van der Waals surface area contributed by atoms with Crippen molar-refractivity contribution in [3.8, 4) is 0 Å². The Bertz CT molecular complexity index is 156. The molecular weight excluding hydrogens is 375 g/mol. The maximum absolute atomic E-state index is 8.79. The molecule has 2 aliphatic rings. The van der Waals surface area contributed by atoms with Crippen molar-refractivity contribution >= 4 is 14.2 Å². The van der Waals surface area contributed by atoms with E-state index in [2.05, 4.69) is 0 Å². The first-order valence-corrected chi connectivity index (χ1v) is 8.61. The van der Waals surface area contributed by atoms with Gasteiger partial charge in [-0.05, 0) is 25.2 Å². The van der Waals surface area contributed by atoms with Gasteiger partial charge < -0.3 is 4.74 Å². The molecule has 0 spiro atoms. The molecule has 1 aliphatic carbocycles. The fourth-order valence-electron chi connectivity index (χ4n) is 1.86. The van der Waals surface area contributed by atoms with Gasteiger partial charge in [0.2, 0.25) is 0 Å². The Morgan fingerprint density at radius 2 is 2.07 bits per heavy atom. The minimum atomic E-state index is 0.158. The van der Waals surface area contributed by atoms with Crippen LogP contribution < -0.4 is 0 Å². The normalized spacial score (nSPS) is 27.1. The van der Waals surface area contributed by atoms with Crippen LogP contribution in [0.4, 0.5) is 0 Å². The Balaban J connectivity index is 0.000000293. The van der Waals surface area contributed by atoms with E-state index < -0.39 is 0 Å². The minimum absolute atomic E-state index is 0.158. The van der Waals surface area contributed by atoms with Crippen LogP contribution >= 0.6 is 0 Å². The van der Waals surface area contributed by atoms with Gasteiger partial charge in [0.1, 0.15) is 0 Å². The number of carbonyl (C=O) groups is 1. The first-order chi connectivity index (χ1) is 6.86. The monoisotopic (exact) mass is 394 g/mol. The van der Waals surface area contributed by atoms with Gasteiger partial charge in [-0.2, -0.15) is 0 Å². The Labute approximate surface area is 99.9 Å². The molecule has 1 unspecified atom stereocenters. The van der Waals surface area contributed by atoms with Crippen LogP contribution in [0.25, 0.3) is 0 Å². The van der Waals surface area contributed by atoms with Gasteiger partial charge in [-0.3, -0.25) is 0 Å². The zero-order chi connectivity index (χ0) is 10.2. The van der Waals surface area contributed by atoms with Gasteiger partial charge in [0.05, 0.1) is 9.52 Å². The van der Waals surface area contributed by atoms with Crippen LogP contribution in [0.3, 0.4) is 0 Å². The van der Waals surface area contributed by atoms with Crippen LogP contribution in [-0.2, 0) is 29.3 Å². The summed E-state index contributed by atoms with van der Waals surface area (Å²) in [5, 5.41) is 0. The third-order valence-corrected chi connectivity index (χ3v) is 5.31. The molecule has 0 N–H and O–H groups in total. The quantitative estimate of drug-likeness (QED) is 0.532. The maximum atomic E-state index is 8.79. The fourth-order valence-corrected chi connectivity index (χ4v) is 4.19. The van der Waals surface area contributed by atoms with E-state index in [0.717, 1.165) is 22.9 Å². The summed E-state index contributed by atoms with van der Waals surface area (Å²) in [6.45, 7) is 1.06. The van der Waals surface area contributed by atoms with Crippen molar-refractivity contribution in [1.82, 2.24) is 0 Å². The van der Waals surface area contributed by atoms with Crippen molar-refractivity contribution in [3.63, 3.8) is 0 Å². The molecule has 0 aromatic carbocycles. The van der Waals surface area contributed by atoms with Crippen molar-refractivity contribution in [3.05, 3.63) is 0 Å². The summed E-state index contributed by atoms with van der Waals surface area (Å²) >= 11 is 1.60. The van der Waals surface area contributed by atoms with Gasteiger partial charge in [0, 0.05) is 12.3 Å². The van der Waals surface area contributed by atoms with E-state index in [9.17, 15) is 0 Å². The molecular formula is C10H19O2PtSi. The molecule has 14 heavy (non-hydrogen) atoms. The summed E-state index contributed by atoms with van der Waals surface area (Å²) in [4.78, 5) is 8.79. The van der Waals surface area contributed by atoms with Crippen LogP contribution in [0, 0.1) is 5.92 Å². The van der Waals surface area contributed by atoms with Gasteiger partial charge in [-0.1, -0.05) is 18.9 Å². The van der Waals surface area contributed by atoms with Crippen LogP contribution in [0.2, 0.25) is 6.04 Å². The second-order valence-electron chi connectivity index (χ2n) is 4.08. The molecule has 1 saturated heterocycles. The summed E-state index contributed by atoms with van der Waals surface area (Å²) in [6, 6.07) is 1.57. The third kappa shape index (κ3) is 6.10. The topological polar surface area (TPSA) is 26.3 Å². The van der Waals surface area contributed by atoms with Gasteiger partial charge in [0.25, 0.3) is 0 Å². The van der Waals surface area contributed by atoms with Gasteiger partial charge in [-0.15, -0.1) is 0 Å². The molecule has 0 aromatic rings. The van der Waals surface area contributed by atoms with E-state index >= 15 is 0 Å². The Morgan fingerprint density at radius 3 is 2.57 bits per heavy atom. The molecule has 0 amide bonds. The molecule has 2 fully saturated rings. The number of hydrogen-bond acceptors (Lipinski definition) is 2. The van der Waals surface area contributed by atoms with Gasteiger partial charge in [0.15, 0.2) is 0 Å². The number of ether oxygens (including phenoxy) is 1. The van der Waals surface area contributed by atoms with E-state index in [0.29, 0.717) is 0 Å². The van der Waals surface area contributed by atoms with Crippen molar-refractivity contribution < 1.29 is 29.3 Å². The zero-order valence-electron chi connectivity index (χ0n) is 8.52. The fraction of sp³-hybridized carbons (Fsp3) is 0.900. The van der Waals surface area contributed by atoms with Crippen LogP contribution in [0.5, 0.6) is 0 Å². The molecule has 1 aliphatic heterocycles. The number of rotatable bonds is 3. The first-order valence-electron chi connectivity index (χ1n) is 5.48. The Morgan fingerprint density at radius 1 is 1.36 bits per heavy atom. The average Bonchev–Trinajstić information content (AvgIpc) is 3.01. The molecule has 0 aromatic heterocycles. The molecule has 0 radical (unpaired) electrons. The molecule has 4 heteroatoms. The van der Waals surface area contributed by atoms with E-state index in [1.54, 1.807) is 25.9 Å². The molecule has 2 rings (SSSR count). The predicted octanol–water partition coefficient (Wildman–Crippen LogP) is 1.23. The second kappa shape index (κ2) is 7.78. The SMILES string of the molecule is C1CCC([SiH2]CC2CC2)OC1.O=[CH][Pt]. The molecule has 85 valence electrons. The second-order valence-corrected chi connectivity index (χ2v) is 6.68. The zero-order valence-corrected chi connectivity index (χ0v) is 12.2. The third-order valence-electron chi connectivity index (χ3n) is 2.87. The number of hydrogen-bond donors (Lipinski definition) is 0. The molecule has 1 saturated carbocycles. The molecule has 2 nitrogen and oxygen atoms in total. The van der Waals surface area contributed by atoms with E-state index in [-0.39, 0.29) is 9.52 Å². The molecule has 1 atom stereocenters. The summed E-state index contributed by atoms with van der Waals surface area (Å²) in [7, 11) is 0.158. The Hall–Kier alpha value is 0.535. The van der Waals surface area contributed by atoms with Gasteiger partial charge >= 0.3 is 29.3 Å². The summed E-state index contributed by atoms with van der Waals surface area (Å²) in [6.07, 6.45) is 7.19. The average molecular weight is 394 g/mol. The van der Waals surface area contributed by atoms with Crippen LogP contribution in [0.1, 0.15) is 32.1 Å². The standard InChI is InChI=1S/C9H18OSi.CHO.Pt/c1-2-6-10-9(3-1)11-7-8-4-5-8;1-2;/h8-9H,1-7,11H2;1H;. The van der Waals surface area contributed by atoms with Crippen LogP contribution in [0.15, 0.2) is 0 Å². The van der Waals surface area contributed by atoms with E-state index in [4.69, 9.17) is 9.53 Å². The van der Waals surface area contributed by atoms with E-state index in [1.807, 2.05) is 0 Å². The summed E-state index contributed by atoms with van der Waals surface area (Å²) < 4.78 is 6.44. The van der Waals surface area contributed by atoms with Crippen molar-refractivity contribution in [2.45, 2.75) is 43.9 Å². The first kappa shape index (κ1) is 12.6. The van der Waals surface area contributed by atoms with Crippen molar-refractivity contribution in [2.75, 3.05) is 6.61 Å². The van der Waals surface area contributed by atoms with E-state index in [1.165, 1.54) is 32.1 Å². The Kier molecular flexibility index (Phi) is 7.00. The van der Waals surface area contributed by atoms with Gasteiger partial charge in [-0.25, -0.2) is 0 Å². The van der Waals surface area contributed by atoms with Crippen LogP contribution in [-0.4, -0.2) is 26.5 Å².